The van der Waals surface area contributed by atoms with Crippen LogP contribution >= 0.6 is 11.3 Å². The van der Waals surface area contributed by atoms with Gasteiger partial charge in [0.05, 0.1) is 0 Å². The van der Waals surface area contributed by atoms with Crippen molar-refractivity contribution in [3.05, 3.63) is 5.01 Å². The van der Waals surface area contributed by atoms with Gasteiger partial charge in [-0.15, -0.1) is 10.2 Å². The standard InChI is InChI=1S/C11H18N4OS/c1-11(2,3)9-13-14-10(17-9)15-6-4-5-7(15)8(12)16/h7H,4-6H2,1-3H3,(H2,12,16). The van der Waals surface area contributed by atoms with Crippen molar-refractivity contribution in [1.82, 2.24) is 10.2 Å². The molecule has 0 bridgehead atoms. The first-order chi connectivity index (χ1) is 7.89. The fourth-order valence-electron chi connectivity index (χ4n) is 1.93. The van der Waals surface area contributed by atoms with Crippen LogP contribution in [0.1, 0.15) is 38.6 Å². The number of hydrogen-bond acceptors (Lipinski definition) is 5. The predicted molar refractivity (Wildman–Crippen MR) is 68.2 cm³/mol. The lowest BCUT2D eigenvalue weighted by Crippen LogP contribution is -2.40. The van der Waals surface area contributed by atoms with Gasteiger partial charge in [0.1, 0.15) is 11.0 Å². The maximum absolute atomic E-state index is 11.3. The van der Waals surface area contributed by atoms with Crippen LogP contribution in [0.3, 0.4) is 0 Å². The van der Waals surface area contributed by atoms with Crippen LogP contribution in [0, 0.1) is 0 Å². The molecule has 2 heterocycles. The third-order valence-electron chi connectivity index (χ3n) is 2.88. The predicted octanol–water partition coefficient (Wildman–Crippen LogP) is 1.29. The van der Waals surface area contributed by atoms with E-state index in [-0.39, 0.29) is 17.4 Å². The number of aromatic nitrogens is 2. The number of rotatable bonds is 2. The molecule has 2 N–H and O–H groups in total. The number of nitrogens with zero attached hydrogens (tertiary/aromatic N) is 3. The highest BCUT2D eigenvalue weighted by Crippen LogP contribution is 2.33. The molecule has 1 amide bonds. The summed E-state index contributed by atoms with van der Waals surface area (Å²) in [5, 5.41) is 10.2. The average molecular weight is 254 g/mol. The lowest BCUT2D eigenvalue weighted by Gasteiger charge is -2.20. The summed E-state index contributed by atoms with van der Waals surface area (Å²) in [6, 6.07) is -0.212. The summed E-state index contributed by atoms with van der Waals surface area (Å²) in [6.45, 7) is 7.15. The molecular weight excluding hydrogens is 236 g/mol. The molecule has 0 radical (unpaired) electrons. The van der Waals surface area contributed by atoms with Crippen LogP contribution in [0.15, 0.2) is 0 Å². The summed E-state index contributed by atoms with van der Waals surface area (Å²) >= 11 is 1.55. The third kappa shape index (κ3) is 2.41. The second-order valence-electron chi connectivity index (χ2n) is 5.39. The molecule has 0 saturated carbocycles. The molecule has 0 spiro atoms. The minimum Gasteiger partial charge on any atom is -0.368 e. The quantitative estimate of drug-likeness (QED) is 0.863. The molecule has 1 fully saturated rings. The van der Waals surface area contributed by atoms with Crippen LogP contribution in [0.2, 0.25) is 0 Å². The van der Waals surface area contributed by atoms with E-state index in [2.05, 4.69) is 31.0 Å². The number of primary amides is 1. The number of nitrogens with two attached hydrogens (primary N) is 1. The Bertz CT molecular complexity index is 423. The first-order valence-electron chi connectivity index (χ1n) is 5.79. The van der Waals surface area contributed by atoms with Crippen LogP contribution in [0.5, 0.6) is 0 Å². The smallest absolute Gasteiger partial charge is 0.240 e. The first-order valence-corrected chi connectivity index (χ1v) is 6.61. The van der Waals surface area contributed by atoms with E-state index in [9.17, 15) is 4.79 Å². The maximum atomic E-state index is 11.3. The van der Waals surface area contributed by atoms with Gasteiger partial charge in [0, 0.05) is 12.0 Å². The third-order valence-corrected chi connectivity index (χ3v) is 4.27. The Morgan fingerprint density at radius 3 is 2.71 bits per heavy atom. The topological polar surface area (TPSA) is 72.1 Å². The fraction of sp³-hybridized carbons (Fsp3) is 0.727. The van der Waals surface area contributed by atoms with Gasteiger partial charge in [-0.25, -0.2) is 0 Å². The van der Waals surface area contributed by atoms with Crippen molar-refractivity contribution >= 4 is 22.4 Å². The molecule has 1 atom stereocenters. The zero-order valence-corrected chi connectivity index (χ0v) is 11.3. The van der Waals surface area contributed by atoms with Crippen LogP contribution in [0.4, 0.5) is 5.13 Å². The molecule has 2 rings (SSSR count). The number of hydrogen-bond donors (Lipinski definition) is 1. The Hall–Kier alpha value is -1.17. The Morgan fingerprint density at radius 1 is 1.47 bits per heavy atom. The Morgan fingerprint density at radius 2 is 2.18 bits per heavy atom. The van der Waals surface area contributed by atoms with Crippen molar-refractivity contribution in [3.63, 3.8) is 0 Å². The van der Waals surface area contributed by atoms with Crippen LogP contribution in [0.25, 0.3) is 0 Å². The zero-order chi connectivity index (χ0) is 12.6. The summed E-state index contributed by atoms with van der Waals surface area (Å²) in [6.07, 6.45) is 1.80. The van der Waals surface area contributed by atoms with E-state index in [1.807, 2.05) is 4.90 Å². The lowest BCUT2D eigenvalue weighted by molar-refractivity contribution is -0.119. The minimum atomic E-state index is -0.269. The molecule has 17 heavy (non-hydrogen) atoms. The van der Waals surface area contributed by atoms with Crippen molar-refractivity contribution in [2.45, 2.75) is 45.1 Å². The van der Waals surface area contributed by atoms with E-state index in [1.165, 1.54) is 0 Å². The highest BCUT2D eigenvalue weighted by Gasteiger charge is 2.32. The van der Waals surface area contributed by atoms with Gasteiger partial charge in [-0.05, 0) is 12.8 Å². The highest BCUT2D eigenvalue weighted by atomic mass is 32.1. The molecule has 1 saturated heterocycles. The molecular formula is C11H18N4OS. The van der Waals surface area contributed by atoms with Gasteiger partial charge in [-0.3, -0.25) is 4.79 Å². The van der Waals surface area contributed by atoms with Crippen molar-refractivity contribution < 1.29 is 4.79 Å². The molecule has 1 aromatic rings. The number of amides is 1. The normalized spacial score (nSPS) is 20.9. The second-order valence-corrected chi connectivity index (χ2v) is 6.35. The summed E-state index contributed by atoms with van der Waals surface area (Å²) in [4.78, 5) is 13.3. The molecule has 1 aromatic heterocycles. The average Bonchev–Trinajstić information content (AvgIpc) is 2.85. The van der Waals surface area contributed by atoms with Crippen LogP contribution in [-0.2, 0) is 10.2 Å². The molecule has 5 nitrogen and oxygen atoms in total. The molecule has 0 aromatic carbocycles. The van der Waals surface area contributed by atoms with E-state index < -0.39 is 0 Å². The Kier molecular flexibility index (Phi) is 3.07. The Labute approximate surface area is 105 Å². The monoisotopic (exact) mass is 254 g/mol. The van der Waals surface area contributed by atoms with E-state index in [1.54, 1.807) is 11.3 Å². The molecule has 0 aliphatic carbocycles. The molecule has 6 heteroatoms. The molecule has 1 aliphatic rings. The van der Waals surface area contributed by atoms with Crippen molar-refractivity contribution in [2.75, 3.05) is 11.4 Å². The summed E-state index contributed by atoms with van der Waals surface area (Å²) < 4.78 is 0. The number of carbonyl (C=O) groups excluding carboxylic acids is 1. The molecule has 1 unspecified atom stereocenters. The lowest BCUT2D eigenvalue weighted by atomic mass is 9.98. The van der Waals surface area contributed by atoms with Crippen LogP contribution < -0.4 is 10.6 Å². The second kappa shape index (κ2) is 4.25. The SMILES string of the molecule is CC(C)(C)c1nnc(N2CCCC2C(N)=O)s1. The van der Waals surface area contributed by atoms with E-state index in [0.717, 1.165) is 29.5 Å². The van der Waals surface area contributed by atoms with E-state index in [0.29, 0.717) is 0 Å². The Balaban J connectivity index is 2.23. The first kappa shape index (κ1) is 12.3. The highest BCUT2D eigenvalue weighted by molar-refractivity contribution is 7.15. The van der Waals surface area contributed by atoms with E-state index >= 15 is 0 Å². The molecule has 94 valence electrons. The fourth-order valence-corrected chi connectivity index (χ4v) is 2.90. The van der Waals surface area contributed by atoms with Crippen molar-refractivity contribution in [3.8, 4) is 0 Å². The number of carbonyl (C=O) groups is 1. The van der Waals surface area contributed by atoms with Crippen LogP contribution in [-0.4, -0.2) is 28.7 Å². The van der Waals surface area contributed by atoms with Gasteiger partial charge in [0.2, 0.25) is 11.0 Å². The number of anilines is 1. The van der Waals surface area contributed by atoms with Crippen molar-refractivity contribution in [2.24, 2.45) is 5.73 Å². The summed E-state index contributed by atoms with van der Waals surface area (Å²) in [5.41, 5.74) is 5.39. The minimum absolute atomic E-state index is 0.00212. The van der Waals surface area contributed by atoms with Gasteiger partial charge in [0.25, 0.3) is 0 Å². The summed E-state index contributed by atoms with van der Waals surface area (Å²) in [7, 11) is 0. The van der Waals surface area contributed by atoms with Gasteiger partial charge in [-0.1, -0.05) is 32.1 Å². The zero-order valence-electron chi connectivity index (χ0n) is 10.4. The van der Waals surface area contributed by atoms with Gasteiger partial charge in [-0.2, -0.15) is 0 Å². The van der Waals surface area contributed by atoms with Crippen molar-refractivity contribution in [1.29, 1.82) is 0 Å². The van der Waals surface area contributed by atoms with E-state index in [4.69, 9.17) is 5.73 Å². The molecule has 1 aliphatic heterocycles. The van der Waals surface area contributed by atoms with Gasteiger partial charge < -0.3 is 10.6 Å². The van der Waals surface area contributed by atoms with Gasteiger partial charge in [0.15, 0.2) is 0 Å². The maximum Gasteiger partial charge on any atom is 0.240 e. The summed E-state index contributed by atoms with van der Waals surface area (Å²) in [5.74, 6) is -0.269. The van der Waals surface area contributed by atoms with Gasteiger partial charge >= 0.3 is 0 Å². The largest absolute Gasteiger partial charge is 0.368 e.